The Hall–Kier alpha value is -1.94. The molecule has 0 aromatic carbocycles. The van der Waals surface area contributed by atoms with Crippen molar-refractivity contribution in [3.05, 3.63) is 0 Å². The fraction of sp³-hybridized carbons (Fsp3) is 0.955. The van der Waals surface area contributed by atoms with E-state index >= 15 is 0 Å². The summed E-state index contributed by atoms with van der Waals surface area (Å²) >= 11 is 0. The zero-order chi connectivity index (χ0) is 78.9. The first-order valence-electron chi connectivity index (χ1n) is 46.3. The molecule has 0 saturated carbocycles. The van der Waals surface area contributed by atoms with E-state index < -0.39 is 97.5 Å². The highest BCUT2D eigenvalue weighted by molar-refractivity contribution is 7.47. The lowest BCUT2D eigenvalue weighted by atomic mass is 10.0. The molecule has 0 aromatic heterocycles. The molecule has 0 radical (unpaired) electrons. The number of hydrogen-bond acceptors (Lipinski definition) is 15. The van der Waals surface area contributed by atoms with Crippen LogP contribution in [0.5, 0.6) is 0 Å². The average molecular weight is 1580 g/mol. The van der Waals surface area contributed by atoms with Crippen LogP contribution in [0.4, 0.5) is 0 Å². The van der Waals surface area contributed by atoms with Gasteiger partial charge in [0, 0.05) is 25.7 Å². The van der Waals surface area contributed by atoms with Crippen molar-refractivity contribution in [1.29, 1.82) is 0 Å². The third kappa shape index (κ3) is 82.1. The molecule has 0 amide bonds. The maximum absolute atomic E-state index is 13.1. The van der Waals surface area contributed by atoms with E-state index in [2.05, 4.69) is 27.7 Å². The minimum absolute atomic E-state index is 0.109. The molecule has 0 aliphatic rings. The number of aliphatic hydroxyl groups is 1. The highest BCUT2D eigenvalue weighted by atomic mass is 31.2. The van der Waals surface area contributed by atoms with Gasteiger partial charge in [-0.3, -0.25) is 37.3 Å². The maximum atomic E-state index is 13.1. The highest BCUT2D eigenvalue weighted by Crippen LogP contribution is 2.45. The van der Waals surface area contributed by atoms with E-state index in [0.29, 0.717) is 25.7 Å². The number of ether oxygens (including phenoxy) is 4. The first kappa shape index (κ1) is 106. The quantitative estimate of drug-likeness (QED) is 0.0222. The van der Waals surface area contributed by atoms with Gasteiger partial charge < -0.3 is 33.8 Å². The molecule has 0 heterocycles. The average Bonchev–Trinajstić information content (AvgIpc) is 0.900. The third-order valence-electron chi connectivity index (χ3n) is 21.1. The molecular formula is C89H174O17P2. The number of aliphatic hydroxyl groups excluding tert-OH is 1. The van der Waals surface area contributed by atoms with E-state index in [4.69, 9.17) is 37.0 Å². The smallest absolute Gasteiger partial charge is 0.462 e. The number of esters is 4. The van der Waals surface area contributed by atoms with Crippen molar-refractivity contribution in [3.8, 4) is 0 Å². The Kier molecular flexibility index (Phi) is 81.5. The van der Waals surface area contributed by atoms with E-state index in [-0.39, 0.29) is 25.7 Å². The maximum Gasteiger partial charge on any atom is 0.472 e. The van der Waals surface area contributed by atoms with Crippen LogP contribution in [0.1, 0.15) is 490 Å². The van der Waals surface area contributed by atoms with Crippen LogP contribution in [0, 0.1) is 0 Å². The second-order valence-corrected chi connectivity index (χ2v) is 34.9. The third-order valence-corrected chi connectivity index (χ3v) is 23.0. The lowest BCUT2D eigenvalue weighted by Crippen LogP contribution is -2.30. The zero-order valence-corrected chi connectivity index (χ0v) is 72.6. The number of carbonyl (C=O) groups is 4. The Morgan fingerprint density at radius 2 is 0.370 bits per heavy atom. The molecule has 108 heavy (non-hydrogen) atoms. The van der Waals surface area contributed by atoms with E-state index in [0.717, 1.165) is 96.3 Å². The molecule has 0 bridgehead atoms. The van der Waals surface area contributed by atoms with Crippen LogP contribution in [0.25, 0.3) is 0 Å². The zero-order valence-electron chi connectivity index (χ0n) is 70.8. The molecule has 0 rings (SSSR count). The van der Waals surface area contributed by atoms with Crippen LogP contribution in [0.2, 0.25) is 0 Å². The van der Waals surface area contributed by atoms with Crippen molar-refractivity contribution in [2.24, 2.45) is 0 Å². The number of rotatable bonds is 90. The molecule has 0 saturated heterocycles. The summed E-state index contributed by atoms with van der Waals surface area (Å²) in [6, 6.07) is 0. The Morgan fingerprint density at radius 3 is 0.546 bits per heavy atom. The molecular weight excluding hydrogens is 1400 g/mol. The Morgan fingerprint density at radius 1 is 0.222 bits per heavy atom. The van der Waals surface area contributed by atoms with Crippen molar-refractivity contribution >= 4 is 39.5 Å². The fourth-order valence-corrected chi connectivity index (χ4v) is 15.6. The number of phosphoric ester groups is 2. The van der Waals surface area contributed by atoms with Crippen LogP contribution in [0.3, 0.4) is 0 Å². The van der Waals surface area contributed by atoms with E-state index in [9.17, 15) is 43.2 Å². The lowest BCUT2D eigenvalue weighted by molar-refractivity contribution is -0.161. The Bertz CT molecular complexity index is 2030. The number of phosphoric acid groups is 2. The minimum atomic E-state index is -4.96. The molecule has 3 N–H and O–H groups in total. The molecule has 0 fully saturated rings. The summed E-state index contributed by atoms with van der Waals surface area (Å²) in [4.78, 5) is 73.0. The Labute approximate surface area is 664 Å². The molecule has 642 valence electrons. The van der Waals surface area contributed by atoms with Gasteiger partial charge in [0.15, 0.2) is 12.2 Å². The topological polar surface area (TPSA) is 237 Å². The van der Waals surface area contributed by atoms with Crippen LogP contribution in [-0.4, -0.2) is 96.7 Å². The fourth-order valence-electron chi connectivity index (χ4n) is 14.1. The molecule has 2 unspecified atom stereocenters. The molecule has 0 aromatic rings. The van der Waals surface area contributed by atoms with Gasteiger partial charge >= 0.3 is 39.5 Å². The summed E-state index contributed by atoms with van der Waals surface area (Å²) in [6.45, 7) is 4.98. The predicted molar refractivity (Wildman–Crippen MR) is 446 cm³/mol. The van der Waals surface area contributed by atoms with Crippen molar-refractivity contribution in [1.82, 2.24) is 0 Å². The van der Waals surface area contributed by atoms with Crippen LogP contribution in [0.15, 0.2) is 0 Å². The summed E-state index contributed by atoms with van der Waals surface area (Å²) in [5.41, 5.74) is 0. The Balaban J connectivity index is 5.07. The van der Waals surface area contributed by atoms with Crippen LogP contribution >= 0.6 is 15.6 Å². The molecule has 0 aliphatic carbocycles. The van der Waals surface area contributed by atoms with Gasteiger partial charge in [-0.05, 0) is 25.7 Å². The van der Waals surface area contributed by atoms with Gasteiger partial charge in [-0.2, -0.15) is 0 Å². The van der Waals surface area contributed by atoms with Gasteiger partial charge in [-0.25, -0.2) is 9.13 Å². The van der Waals surface area contributed by atoms with Gasteiger partial charge in [-0.1, -0.05) is 439 Å². The van der Waals surface area contributed by atoms with Gasteiger partial charge in [0.25, 0.3) is 0 Å². The lowest BCUT2D eigenvalue weighted by Gasteiger charge is -2.21. The first-order chi connectivity index (χ1) is 52.7. The van der Waals surface area contributed by atoms with Crippen LogP contribution in [-0.2, 0) is 65.4 Å². The predicted octanol–water partition coefficient (Wildman–Crippen LogP) is 27.7. The molecule has 0 aliphatic heterocycles. The van der Waals surface area contributed by atoms with Gasteiger partial charge in [0.2, 0.25) is 0 Å². The van der Waals surface area contributed by atoms with E-state index in [1.54, 1.807) is 0 Å². The second kappa shape index (κ2) is 83.0. The summed E-state index contributed by atoms with van der Waals surface area (Å²) < 4.78 is 68.7. The van der Waals surface area contributed by atoms with Crippen molar-refractivity contribution in [2.75, 3.05) is 39.6 Å². The van der Waals surface area contributed by atoms with E-state index in [1.165, 1.54) is 315 Å². The number of unbranched alkanes of at least 4 members (excludes halogenated alkanes) is 64. The second-order valence-electron chi connectivity index (χ2n) is 32.0. The normalized spacial score (nSPS) is 13.7. The van der Waals surface area contributed by atoms with Crippen molar-refractivity contribution in [2.45, 2.75) is 508 Å². The van der Waals surface area contributed by atoms with Gasteiger partial charge in [0.05, 0.1) is 26.4 Å². The minimum Gasteiger partial charge on any atom is -0.462 e. The largest absolute Gasteiger partial charge is 0.472 e. The van der Waals surface area contributed by atoms with Gasteiger partial charge in [-0.15, -0.1) is 0 Å². The summed E-state index contributed by atoms with van der Waals surface area (Å²) in [5, 5.41) is 10.7. The van der Waals surface area contributed by atoms with Crippen molar-refractivity contribution < 1.29 is 80.2 Å². The van der Waals surface area contributed by atoms with Crippen LogP contribution < -0.4 is 0 Å². The standard InChI is InChI=1S/C89H174O17P2/c1-5-9-13-17-20-23-26-29-32-35-38-41-44-47-50-53-56-59-62-66-70-74-87(92)100-80-85(106-89(94)76-72-68-64-61-58-55-52-49-46-43-40-37-34-31-28-25-22-19-15-11-7-3)82-104-108(97,98)102-78-83(90)77-101-107(95,96)103-81-84(79-99-86(91)73-69-65-16-12-8-4)105-88(93)75-71-67-63-60-57-54-51-48-45-42-39-36-33-30-27-24-21-18-14-10-6-2/h83-85,90H,5-82H2,1-4H3,(H,95,96)(H,97,98)/t83-,84+,85+/m0/s1. The summed E-state index contributed by atoms with van der Waals surface area (Å²) in [6.07, 6.45) is 80.0. The molecule has 17 nitrogen and oxygen atoms in total. The van der Waals surface area contributed by atoms with Crippen molar-refractivity contribution in [3.63, 3.8) is 0 Å². The molecule has 0 spiro atoms. The SMILES string of the molecule is CCCCCCCCCCCCCCCCCCCCCCCC(=O)OC[C@H](COP(=O)(O)OC[C@@H](O)COP(=O)(O)OC[C@@H](COC(=O)CCCCCCC)OC(=O)CCCCCCCCCCCCCCCCCCCCCCC)OC(=O)CCCCCCCCCCCCCCCCCCCCCCC. The highest BCUT2D eigenvalue weighted by Gasteiger charge is 2.30. The number of carbonyl (C=O) groups excluding carboxylic acids is 4. The monoisotopic (exact) mass is 1580 g/mol. The van der Waals surface area contributed by atoms with E-state index in [1.807, 2.05) is 0 Å². The number of hydrogen-bond donors (Lipinski definition) is 3. The van der Waals surface area contributed by atoms with Gasteiger partial charge in [0.1, 0.15) is 19.3 Å². The first-order valence-corrected chi connectivity index (χ1v) is 49.3. The summed E-state index contributed by atoms with van der Waals surface area (Å²) in [5.74, 6) is -2.11. The molecule has 19 heteroatoms. The summed E-state index contributed by atoms with van der Waals surface area (Å²) in [7, 11) is -9.92. The molecule has 5 atom stereocenters.